The Morgan fingerprint density at radius 1 is 1.19 bits per heavy atom. The van der Waals surface area contributed by atoms with Crippen LogP contribution in [0, 0.1) is 5.82 Å². The zero-order valence-electron chi connectivity index (χ0n) is 11.9. The predicted molar refractivity (Wildman–Crippen MR) is 87.2 cm³/mol. The fraction of sp³-hybridized carbons (Fsp3) is 0.188. The first-order chi connectivity index (χ1) is 10.1. The van der Waals surface area contributed by atoms with Crippen molar-refractivity contribution in [3.63, 3.8) is 0 Å². The molecule has 2 aromatic rings. The van der Waals surface area contributed by atoms with Crippen molar-refractivity contribution >= 4 is 23.0 Å². The van der Waals surface area contributed by atoms with Crippen LogP contribution in [0.3, 0.4) is 0 Å². The molecule has 1 atom stereocenters. The summed E-state index contributed by atoms with van der Waals surface area (Å²) in [5, 5.41) is 6.57. The number of benzene rings is 2. The second-order valence-corrected chi connectivity index (χ2v) is 5.01. The van der Waals surface area contributed by atoms with Crippen LogP contribution in [0.4, 0.5) is 10.1 Å². The van der Waals surface area contributed by atoms with Gasteiger partial charge in [0.05, 0.1) is 13.2 Å². The van der Waals surface area contributed by atoms with E-state index in [-0.39, 0.29) is 11.9 Å². The Morgan fingerprint density at radius 2 is 1.90 bits per heavy atom. The maximum atomic E-state index is 13.1. The van der Waals surface area contributed by atoms with E-state index in [4.69, 9.17) is 17.0 Å². The lowest BCUT2D eigenvalue weighted by atomic mass is 10.1. The maximum Gasteiger partial charge on any atom is 0.171 e. The zero-order valence-corrected chi connectivity index (χ0v) is 12.7. The molecule has 0 fully saturated rings. The lowest BCUT2D eigenvalue weighted by Crippen LogP contribution is -2.30. The van der Waals surface area contributed by atoms with E-state index in [0.29, 0.717) is 10.8 Å². The molecule has 0 spiro atoms. The summed E-state index contributed by atoms with van der Waals surface area (Å²) in [6.45, 7) is 2.00. The summed E-state index contributed by atoms with van der Waals surface area (Å²) in [4.78, 5) is 0. The minimum Gasteiger partial charge on any atom is -0.497 e. The fourth-order valence-electron chi connectivity index (χ4n) is 1.91. The van der Waals surface area contributed by atoms with Crippen molar-refractivity contribution in [1.82, 2.24) is 5.32 Å². The van der Waals surface area contributed by atoms with Crippen LogP contribution in [0.15, 0.2) is 48.5 Å². The van der Waals surface area contributed by atoms with Crippen molar-refractivity contribution < 1.29 is 9.13 Å². The number of ether oxygens (including phenoxy) is 1. The lowest BCUT2D eigenvalue weighted by molar-refractivity contribution is 0.414. The predicted octanol–water partition coefficient (Wildman–Crippen LogP) is 3.88. The lowest BCUT2D eigenvalue weighted by Gasteiger charge is -2.17. The number of anilines is 1. The Hall–Kier alpha value is -2.14. The van der Waals surface area contributed by atoms with Crippen LogP contribution < -0.4 is 15.4 Å². The summed E-state index contributed by atoms with van der Waals surface area (Å²) in [6.07, 6.45) is 0. The van der Waals surface area contributed by atoms with E-state index in [1.54, 1.807) is 19.2 Å². The first-order valence-electron chi connectivity index (χ1n) is 6.55. The van der Waals surface area contributed by atoms with Crippen molar-refractivity contribution in [2.45, 2.75) is 13.0 Å². The third-order valence-electron chi connectivity index (χ3n) is 3.05. The quantitative estimate of drug-likeness (QED) is 0.840. The van der Waals surface area contributed by atoms with E-state index >= 15 is 0 Å². The van der Waals surface area contributed by atoms with Crippen molar-refractivity contribution in [3.05, 3.63) is 59.9 Å². The highest BCUT2D eigenvalue weighted by Crippen LogP contribution is 2.17. The molecule has 2 N–H and O–H groups in total. The number of nitrogens with one attached hydrogen (secondary N) is 2. The van der Waals surface area contributed by atoms with Crippen LogP contribution in [0.25, 0.3) is 0 Å². The van der Waals surface area contributed by atoms with E-state index in [1.807, 2.05) is 31.2 Å². The molecule has 0 saturated carbocycles. The van der Waals surface area contributed by atoms with Gasteiger partial charge in [0.1, 0.15) is 11.6 Å². The number of halogens is 1. The smallest absolute Gasteiger partial charge is 0.171 e. The number of hydrogen-bond donors (Lipinski definition) is 2. The summed E-state index contributed by atoms with van der Waals surface area (Å²) in [7, 11) is 1.63. The largest absolute Gasteiger partial charge is 0.497 e. The standard InChI is InChI=1S/C16H17FN2OS/c1-11(12-6-8-15(20-2)9-7-12)18-16(21)19-14-5-3-4-13(17)10-14/h3-11H,1-2H3,(H2,18,19,21)/t11-/m1/s1. The molecule has 0 unspecified atom stereocenters. The third-order valence-corrected chi connectivity index (χ3v) is 3.27. The van der Waals surface area contributed by atoms with E-state index in [0.717, 1.165) is 11.3 Å². The summed E-state index contributed by atoms with van der Waals surface area (Å²) in [5.74, 6) is 0.511. The van der Waals surface area contributed by atoms with Crippen LogP contribution >= 0.6 is 12.2 Å². The SMILES string of the molecule is COc1ccc([C@@H](C)NC(=S)Nc2cccc(F)c2)cc1. The molecule has 0 heterocycles. The van der Waals surface area contributed by atoms with Crippen LogP contribution in [0.2, 0.25) is 0 Å². The van der Waals surface area contributed by atoms with Crippen molar-refractivity contribution in [2.75, 3.05) is 12.4 Å². The third kappa shape index (κ3) is 4.43. The summed E-state index contributed by atoms with van der Waals surface area (Å²) in [6, 6.07) is 14.0. The average Bonchev–Trinajstić information content (AvgIpc) is 2.47. The minimum atomic E-state index is -0.300. The molecule has 0 radical (unpaired) electrons. The minimum absolute atomic E-state index is 0.0319. The van der Waals surface area contributed by atoms with Gasteiger partial charge in [-0.3, -0.25) is 0 Å². The Labute approximate surface area is 129 Å². The van der Waals surface area contributed by atoms with E-state index in [9.17, 15) is 4.39 Å². The molecule has 0 saturated heterocycles. The average molecular weight is 304 g/mol. The molecule has 0 amide bonds. The molecule has 3 nitrogen and oxygen atoms in total. The highest BCUT2D eigenvalue weighted by Gasteiger charge is 2.07. The summed E-state index contributed by atoms with van der Waals surface area (Å²) < 4.78 is 18.2. The zero-order chi connectivity index (χ0) is 15.2. The van der Waals surface area contributed by atoms with Crippen LogP contribution in [0.1, 0.15) is 18.5 Å². The molecule has 5 heteroatoms. The molecule has 2 aromatic carbocycles. The van der Waals surface area contributed by atoms with Crippen LogP contribution in [-0.2, 0) is 0 Å². The first kappa shape index (κ1) is 15.3. The summed E-state index contributed by atoms with van der Waals surface area (Å²) in [5.41, 5.74) is 1.70. The van der Waals surface area contributed by atoms with Crippen LogP contribution in [0.5, 0.6) is 5.75 Å². The number of methoxy groups -OCH3 is 1. The second kappa shape index (κ2) is 7.04. The van der Waals surface area contributed by atoms with Gasteiger partial charge in [-0.2, -0.15) is 0 Å². The summed E-state index contributed by atoms with van der Waals surface area (Å²) >= 11 is 5.23. The molecule has 0 bridgehead atoms. The van der Waals surface area contributed by atoms with E-state index in [1.165, 1.54) is 12.1 Å². The molecule has 110 valence electrons. The van der Waals surface area contributed by atoms with Gasteiger partial charge in [-0.05, 0) is 55.0 Å². The molecule has 0 aromatic heterocycles. The van der Waals surface area contributed by atoms with Gasteiger partial charge in [-0.25, -0.2) is 4.39 Å². The number of thiocarbonyl (C=S) groups is 1. The van der Waals surface area contributed by atoms with Gasteiger partial charge in [0.15, 0.2) is 5.11 Å². The van der Waals surface area contributed by atoms with E-state index < -0.39 is 0 Å². The van der Waals surface area contributed by atoms with Gasteiger partial charge in [-0.15, -0.1) is 0 Å². The molecule has 21 heavy (non-hydrogen) atoms. The maximum absolute atomic E-state index is 13.1. The molecule has 2 rings (SSSR count). The van der Waals surface area contributed by atoms with Crippen LogP contribution in [-0.4, -0.2) is 12.2 Å². The Bertz CT molecular complexity index is 616. The molecule has 0 aliphatic rings. The Morgan fingerprint density at radius 3 is 2.52 bits per heavy atom. The van der Waals surface area contributed by atoms with Gasteiger partial charge >= 0.3 is 0 Å². The van der Waals surface area contributed by atoms with Crippen molar-refractivity contribution in [2.24, 2.45) is 0 Å². The second-order valence-electron chi connectivity index (χ2n) is 4.60. The highest BCUT2D eigenvalue weighted by atomic mass is 32.1. The molecular weight excluding hydrogens is 287 g/mol. The monoisotopic (exact) mass is 304 g/mol. The highest BCUT2D eigenvalue weighted by molar-refractivity contribution is 7.80. The van der Waals surface area contributed by atoms with Gasteiger partial charge < -0.3 is 15.4 Å². The van der Waals surface area contributed by atoms with Gasteiger partial charge in [0.2, 0.25) is 0 Å². The molecular formula is C16H17FN2OS. The Balaban J connectivity index is 1.95. The van der Waals surface area contributed by atoms with Gasteiger partial charge in [-0.1, -0.05) is 18.2 Å². The first-order valence-corrected chi connectivity index (χ1v) is 6.96. The number of hydrogen-bond acceptors (Lipinski definition) is 2. The normalized spacial score (nSPS) is 11.6. The van der Waals surface area contributed by atoms with Gasteiger partial charge in [0, 0.05) is 5.69 Å². The van der Waals surface area contributed by atoms with Gasteiger partial charge in [0.25, 0.3) is 0 Å². The molecule has 0 aliphatic carbocycles. The van der Waals surface area contributed by atoms with Crippen molar-refractivity contribution in [1.29, 1.82) is 0 Å². The van der Waals surface area contributed by atoms with E-state index in [2.05, 4.69) is 10.6 Å². The fourth-order valence-corrected chi connectivity index (χ4v) is 2.20. The number of rotatable bonds is 4. The molecule has 0 aliphatic heterocycles. The van der Waals surface area contributed by atoms with Crippen molar-refractivity contribution in [3.8, 4) is 5.75 Å². The topological polar surface area (TPSA) is 33.3 Å². The Kier molecular flexibility index (Phi) is 5.11.